The van der Waals surface area contributed by atoms with Gasteiger partial charge in [-0.25, -0.2) is 4.79 Å². The van der Waals surface area contributed by atoms with Gasteiger partial charge in [0.1, 0.15) is 4.88 Å². The Morgan fingerprint density at radius 1 is 1.28 bits per heavy atom. The average Bonchev–Trinajstić information content (AvgIpc) is 2.69. The number of fused-ring (bicyclic) bond motifs is 1. The first-order valence-electron chi connectivity index (χ1n) is 4.80. The Bertz CT molecular complexity index is 603. The van der Waals surface area contributed by atoms with Crippen LogP contribution in [0, 0.1) is 0 Å². The number of rotatable bonds is 2. The highest BCUT2D eigenvalue weighted by Gasteiger charge is 2.32. The second kappa shape index (κ2) is 4.25. The van der Waals surface area contributed by atoms with Crippen molar-refractivity contribution in [3.8, 4) is 0 Å². The Morgan fingerprint density at radius 2 is 1.94 bits per heavy atom. The number of aliphatic carboxylic acids is 1. The molecule has 0 spiro atoms. The predicted molar refractivity (Wildman–Crippen MR) is 59.4 cm³/mol. The molecule has 0 saturated heterocycles. The molecule has 3 nitrogen and oxygen atoms in total. The number of aliphatic hydroxyl groups is 1. The van der Waals surface area contributed by atoms with Crippen LogP contribution in [0.15, 0.2) is 24.3 Å². The van der Waals surface area contributed by atoms with E-state index in [9.17, 15) is 23.1 Å². The molecule has 2 N–H and O–H groups in total. The summed E-state index contributed by atoms with van der Waals surface area (Å²) in [6, 6.07) is 4.87. The lowest BCUT2D eigenvalue weighted by molar-refractivity contribution is -0.147. The highest BCUT2D eigenvalue weighted by atomic mass is 32.1. The van der Waals surface area contributed by atoms with Crippen LogP contribution in [0.25, 0.3) is 10.1 Å². The molecule has 0 aliphatic heterocycles. The molecule has 0 bridgehead atoms. The molecule has 0 amide bonds. The Kier molecular flexibility index (Phi) is 3.04. The fourth-order valence-electron chi connectivity index (χ4n) is 1.51. The summed E-state index contributed by atoms with van der Waals surface area (Å²) in [7, 11) is 0. The summed E-state index contributed by atoms with van der Waals surface area (Å²) in [5, 5.41) is 18.2. The van der Waals surface area contributed by atoms with Gasteiger partial charge in [-0.2, -0.15) is 13.2 Å². The van der Waals surface area contributed by atoms with E-state index in [4.69, 9.17) is 5.11 Å². The summed E-state index contributed by atoms with van der Waals surface area (Å²) in [5.41, 5.74) is 0.0570. The van der Waals surface area contributed by atoms with Gasteiger partial charge in [-0.05, 0) is 29.1 Å². The Morgan fingerprint density at radius 3 is 2.50 bits per heavy atom. The topological polar surface area (TPSA) is 57.5 Å². The van der Waals surface area contributed by atoms with Crippen LogP contribution in [-0.2, 0) is 11.0 Å². The molecular formula is C11H7F3O3S. The summed E-state index contributed by atoms with van der Waals surface area (Å²) < 4.78 is 37.8. The summed E-state index contributed by atoms with van der Waals surface area (Å²) >= 11 is 0.579. The zero-order valence-corrected chi connectivity index (χ0v) is 9.55. The third-order valence-electron chi connectivity index (χ3n) is 2.37. The van der Waals surface area contributed by atoms with Crippen LogP contribution in [0.4, 0.5) is 13.2 Å². The fourth-order valence-corrected chi connectivity index (χ4v) is 2.42. The summed E-state index contributed by atoms with van der Waals surface area (Å²) in [6.07, 6.45) is -6.15. The maximum Gasteiger partial charge on any atom is 0.425 e. The van der Waals surface area contributed by atoms with Crippen LogP contribution in [0.2, 0.25) is 0 Å². The average molecular weight is 276 g/mol. The van der Waals surface area contributed by atoms with Gasteiger partial charge in [-0.15, -0.1) is 11.3 Å². The van der Waals surface area contributed by atoms with Gasteiger partial charge in [0.25, 0.3) is 0 Å². The van der Waals surface area contributed by atoms with E-state index in [1.807, 2.05) is 0 Å². The molecule has 1 aromatic heterocycles. The number of hydrogen-bond donors (Lipinski definition) is 2. The largest absolute Gasteiger partial charge is 0.479 e. The van der Waals surface area contributed by atoms with Gasteiger partial charge in [0.2, 0.25) is 0 Å². The molecular weight excluding hydrogens is 269 g/mol. The molecule has 2 aromatic rings. The smallest absolute Gasteiger partial charge is 0.425 e. The number of benzene rings is 1. The number of carboxylic acids is 1. The van der Waals surface area contributed by atoms with Gasteiger partial charge in [0, 0.05) is 4.70 Å². The van der Waals surface area contributed by atoms with Gasteiger partial charge in [-0.1, -0.05) is 6.07 Å². The summed E-state index contributed by atoms with van der Waals surface area (Å²) in [6.45, 7) is 0. The standard InChI is InChI=1S/C11H7F3O3S/c12-11(13,14)8-4-6-3-5(9(15)10(16)17)1-2-7(6)18-8/h1-4,9,15H,(H,16,17). The summed E-state index contributed by atoms with van der Waals surface area (Å²) in [5.74, 6) is -1.44. The number of thiophene rings is 1. The predicted octanol–water partition coefficient (Wildman–Crippen LogP) is 3.04. The number of aliphatic hydroxyl groups excluding tert-OH is 1. The van der Waals surface area contributed by atoms with E-state index in [0.29, 0.717) is 16.0 Å². The van der Waals surface area contributed by atoms with E-state index in [1.165, 1.54) is 18.2 Å². The quantitative estimate of drug-likeness (QED) is 0.886. The monoisotopic (exact) mass is 276 g/mol. The number of carboxylic acid groups (broad SMARTS) is 1. The number of alkyl halides is 3. The SMILES string of the molecule is O=C(O)C(O)c1ccc2sc(C(F)(F)F)cc2c1. The molecule has 0 aliphatic carbocycles. The Labute approximate surface area is 103 Å². The molecule has 18 heavy (non-hydrogen) atoms. The number of hydrogen-bond acceptors (Lipinski definition) is 3. The second-order valence-electron chi connectivity index (χ2n) is 3.65. The maximum absolute atomic E-state index is 12.5. The second-order valence-corrected chi connectivity index (χ2v) is 4.73. The molecule has 1 atom stereocenters. The van der Waals surface area contributed by atoms with Gasteiger partial charge in [-0.3, -0.25) is 0 Å². The van der Waals surface area contributed by atoms with E-state index in [-0.39, 0.29) is 10.9 Å². The van der Waals surface area contributed by atoms with Gasteiger partial charge < -0.3 is 10.2 Å². The van der Waals surface area contributed by atoms with Gasteiger partial charge >= 0.3 is 12.1 Å². The first-order chi connectivity index (χ1) is 8.29. The van der Waals surface area contributed by atoms with Crippen molar-refractivity contribution in [2.45, 2.75) is 12.3 Å². The highest BCUT2D eigenvalue weighted by molar-refractivity contribution is 7.19. The van der Waals surface area contributed by atoms with Crippen LogP contribution in [-0.4, -0.2) is 16.2 Å². The van der Waals surface area contributed by atoms with E-state index < -0.39 is 23.1 Å². The third kappa shape index (κ3) is 2.32. The number of halogens is 3. The normalized spacial score (nSPS) is 13.8. The zero-order chi connectivity index (χ0) is 13.5. The Balaban J connectivity index is 2.49. The molecule has 96 valence electrons. The van der Waals surface area contributed by atoms with Crippen LogP contribution < -0.4 is 0 Å². The molecule has 7 heteroatoms. The highest BCUT2D eigenvalue weighted by Crippen LogP contribution is 2.38. The van der Waals surface area contributed by atoms with Crippen molar-refractivity contribution in [3.05, 3.63) is 34.7 Å². The molecule has 1 heterocycles. The molecule has 1 unspecified atom stereocenters. The van der Waals surface area contributed by atoms with Crippen molar-refractivity contribution < 1.29 is 28.2 Å². The molecule has 0 fully saturated rings. The lowest BCUT2D eigenvalue weighted by Gasteiger charge is -2.04. The van der Waals surface area contributed by atoms with Crippen molar-refractivity contribution in [3.63, 3.8) is 0 Å². The zero-order valence-electron chi connectivity index (χ0n) is 8.73. The lowest BCUT2D eigenvalue weighted by Crippen LogP contribution is -2.09. The fraction of sp³-hybridized carbons (Fsp3) is 0.182. The molecule has 1 aromatic carbocycles. The number of carbonyl (C=O) groups is 1. The Hall–Kier alpha value is -1.60. The molecule has 0 aliphatic rings. The van der Waals surface area contributed by atoms with E-state index in [1.54, 1.807) is 0 Å². The lowest BCUT2D eigenvalue weighted by atomic mass is 10.1. The van der Waals surface area contributed by atoms with Crippen LogP contribution in [0.5, 0.6) is 0 Å². The third-order valence-corrected chi connectivity index (χ3v) is 3.53. The van der Waals surface area contributed by atoms with Crippen molar-refractivity contribution in [1.82, 2.24) is 0 Å². The minimum Gasteiger partial charge on any atom is -0.479 e. The van der Waals surface area contributed by atoms with Gasteiger partial charge in [0.15, 0.2) is 6.10 Å². The van der Waals surface area contributed by atoms with Crippen molar-refractivity contribution in [2.24, 2.45) is 0 Å². The van der Waals surface area contributed by atoms with Crippen molar-refractivity contribution in [2.75, 3.05) is 0 Å². The molecule has 0 radical (unpaired) electrons. The molecule has 2 rings (SSSR count). The van der Waals surface area contributed by atoms with Crippen molar-refractivity contribution in [1.29, 1.82) is 0 Å². The van der Waals surface area contributed by atoms with Crippen LogP contribution >= 0.6 is 11.3 Å². The minimum absolute atomic E-state index is 0.0570. The van der Waals surface area contributed by atoms with E-state index in [2.05, 4.69) is 0 Å². The first-order valence-corrected chi connectivity index (χ1v) is 5.62. The van der Waals surface area contributed by atoms with Crippen LogP contribution in [0.3, 0.4) is 0 Å². The van der Waals surface area contributed by atoms with Crippen molar-refractivity contribution >= 4 is 27.4 Å². The first kappa shape index (κ1) is 12.8. The van der Waals surface area contributed by atoms with E-state index in [0.717, 1.165) is 6.07 Å². The summed E-state index contributed by atoms with van der Waals surface area (Å²) in [4.78, 5) is 9.82. The van der Waals surface area contributed by atoms with Gasteiger partial charge in [0.05, 0.1) is 0 Å². The maximum atomic E-state index is 12.5. The molecule has 0 saturated carbocycles. The van der Waals surface area contributed by atoms with E-state index >= 15 is 0 Å². The minimum atomic E-state index is -4.42. The van der Waals surface area contributed by atoms with Crippen LogP contribution in [0.1, 0.15) is 16.5 Å².